The third kappa shape index (κ3) is 5.43. The molecule has 0 aliphatic rings. The molecule has 1 N–H and O–H groups in total. The van der Waals surface area contributed by atoms with Crippen molar-refractivity contribution in [2.45, 2.75) is 26.9 Å². The van der Waals surface area contributed by atoms with Crippen LogP contribution in [0.3, 0.4) is 0 Å². The molecule has 0 saturated heterocycles. The van der Waals surface area contributed by atoms with Crippen molar-refractivity contribution in [2.75, 3.05) is 13.1 Å². The first kappa shape index (κ1) is 12.1. The summed E-state index contributed by atoms with van der Waals surface area (Å²) in [6.45, 7) is 8.43. The molecule has 15 heavy (non-hydrogen) atoms. The molecule has 0 aromatic heterocycles. The quantitative estimate of drug-likeness (QED) is 0.774. The van der Waals surface area contributed by atoms with Crippen LogP contribution in [0.4, 0.5) is 0 Å². The van der Waals surface area contributed by atoms with E-state index in [1.54, 1.807) is 0 Å². The third-order valence-electron chi connectivity index (χ3n) is 2.06. The lowest BCUT2D eigenvalue weighted by Crippen LogP contribution is -2.31. The lowest BCUT2D eigenvalue weighted by atomic mass is 10.2. The molecule has 0 fully saturated rings. The maximum atomic E-state index is 5.73. The van der Waals surface area contributed by atoms with Crippen LogP contribution >= 0.6 is 0 Å². The van der Waals surface area contributed by atoms with Crippen molar-refractivity contribution in [1.82, 2.24) is 5.32 Å². The molecule has 1 unspecified atom stereocenters. The Labute approximate surface area is 92.6 Å². The van der Waals surface area contributed by atoms with Crippen molar-refractivity contribution in [2.24, 2.45) is 5.92 Å². The highest BCUT2D eigenvalue weighted by molar-refractivity contribution is 5.21. The number of hydrogen-bond acceptors (Lipinski definition) is 2. The first-order valence-electron chi connectivity index (χ1n) is 5.61. The van der Waals surface area contributed by atoms with Crippen LogP contribution in [0.15, 0.2) is 30.3 Å². The Morgan fingerprint density at radius 3 is 2.33 bits per heavy atom. The van der Waals surface area contributed by atoms with Gasteiger partial charge in [0.25, 0.3) is 0 Å². The third-order valence-corrected chi connectivity index (χ3v) is 2.06. The SMILES string of the molecule is CC(C)CNCC(C)Oc1ccccc1. The molecule has 1 rings (SSSR count). The van der Waals surface area contributed by atoms with Crippen LogP contribution in [-0.4, -0.2) is 19.2 Å². The summed E-state index contributed by atoms with van der Waals surface area (Å²) in [5, 5.41) is 3.38. The Bertz CT molecular complexity index is 258. The number of ether oxygens (including phenoxy) is 1. The van der Waals surface area contributed by atoms with E-state index in [0.29, 0.717) is 5.92 Å². The van der Waals surface area contributed by atoms with Crippen molar-refractivity contribution in [3.8, 4) is 5.75 Å². The number of nitrogens with one attached hydrogen (secondary N) is 1. The maximum absolute atomic E-state index is 5.73. The van der Waals surface area contributed by atoms with Crippen LogP contribution in [-0.2, 0) is 0 Å². The zero-order chi connectivity index (χ0) is 11.1. The molecular formula is C13H21NO. The molecule has 0 spiro atoms. The van der Waals surface area contributed by atoms with Crippen LogP contribution in [0, 0.1) is 5.92 Å². The van der Waals surface area contributed by atoms with E-state index >= 15 is 0 Å². The standard InChI is InChI=1S/C13H21NO/c1-11(2)9-14-10-12(3)15-13-7-5-4-6-8-13/h4-8,11-12,14H,9-10H2,1-3H3. The fourth-order valence-electron chi connectivity index (χ4n) is 1.35. The molecule has 0 aliphatic carbocycles. The minimum atomic E-state index is 0.214. The van der Waals surface area contributed by atoms with E-state index in [1.165, 1.54) is 0 Å². The molecule has 0 aliphatic heterocycles. The first-order chi connectivity index (χ1) is 7.18. The van der Waals surface area contributed by atoms with Gasteiger partial charge in [0.1, 0.15) is 11.9 Å². The van der Waals surface area contributed by atoms with Crippen LogP contribution in [0.2, 0.25) is 0 Å². The average Bonchev–Trinajstić information content (AvgIpc) is 2.18. The molecule has 0 saturated carbocycles. The lowest BCUT2D eigenvalue weighted by molar-refractivity contribution is 0.215. The molecule has 2 nitrogen and oxygen atoms in total. The average molecular weight is 207 g/mol. The van der Waals surface area contributed by atoms with Gasteiger partial charge >= 0.3 is 0 Å². The molecular weight excluding hydrogens is 186 g/mol. The molecule has 0 radical (unpaired) electrons. The Balaban J connectivity index is 2.21. The maximum Gasteiger partial charge on any atom is 0.119 e. The van der Waals surface area contributed by atoms with E-state index in [0.717, 1.165) is 18.8 Å². The molecule has 0 heterocycles. The molecule has 2 heteroatoms. The smallest absolute Gasteiger partial charge is 0.119 e. The normalized spacial score (nSPS) is 12.8. The van der Waals surface area contributed by atoms with E-state index in [4.69, 9.17) is 4.74 Å². The fourth-order valence-corrected chi connectivity index (χ4v) is 1.35. The van der Waals surface area contributed by atoms with Crippen molar-refractivity contribution >= 4 is 0 Å². The summed E-state index contributed by atoms with van der Waals surface area (Å²) in [5.41, 5.74) is 0. The van der Waals surface area contributed by atoms with Gasteiger partial charge in [-0.2, -0.15) is 0 Å². The van der Waals surface area contributed by atoms with E-state index in [9.17, 15) is 0 Å². The van der Waals surface area contributed by atoms with Crippen molar-refractivity contribution in [3.63, 3.8) is 0 Å². The summed E-state index contributed by atoms with van der Waals surface area (Å²) in [4.78, 5) is 0. The topological polar surface area (TPSA) is 21.3 Å². The largest absolute Gasteiger partial charge is 0.489 e. The van der Waals surface area contributed by atoms with Gasteiger partial charge in [-0.05, 0) is 31.5 Å². The zero-order valence-electron chi connectivity index (χ0n) is 9.86. The summed E-state index contributed by atoms with van der Waals surface area (Å²) in [6, 6.07) is 9.94. The van der Waals surface area contributed by atoms with Gasteiger partial charge in [-0.25, -0.2) is 0 Å². The van der Waals surface area contributed by atoms with Gasteiger partial charge in [0.05, 0.1) is 0 Å². The number of hydrogen-bond donors (Lipinski definition) is 1. The highest BCUT2D eigenvalue weighted by atomic mass is 16.5. The first-order valence-corrected chi connectivity index (χ1v) is 5.61. The van der Waals surface area contributed by atoms with Crippen molar-refractivity contribution in [1.29, 1.82) is 0 Å². The summed E-state index contributed by atoms with van der Waals surface area (Å²) < 4.78 is 5.73. The van der Waals surface area contributed by atoms with Gasteiger partial charge < -0.3 is 10.1 Å². The number of benzene rings is 1. The van der Waals surface area contributed by atoms with Crippen molar-refractivity contribution < 1.29 is 4.74 Å². The van der Waals surface area contributed by atoms with Crippen LogP contribution in [0.5, 0.6) is 5.75 Å². The minimum absolute atomic E-state index is 0.214. The summed E-state index contributed by atoms with van der Waals surface area (Å²) in [5.74, 6) is 1.63. The van der Waals surface area contributed by atoms with Crippen LogP contribution in [0.1, 0.15) is 20.8 Å². The lowest BCUT2D eigenvalue weighted by Gasteiger charge is -2.16. The highest BCUT2D eigenvalue weighted by Gasteiger charge is 2.03. The van der Waals surface area contributed by atoms with Gasteiger partial charge in [0, 0.05) is 6.54 Å². The van der Waals surface area contributed by atoms with Crippen molar-refractivity contribution in [3.05, 3.63) is 30.3 Å². The van der Waals surface area contributed by atoms with E-state index in [1.807, 2.05) is 30.3 Å². The van der Waals surface area contributed by atoms with Gasteiger partial charge in [-0.15, -0.1) is 0 Å². The molecule has 1 aromatic carbocycles. The molecule has 0 amide bonds. The van der Waals surface area contributed by atoms with E-state index < -0.39 is 0 Å². The Hall–Kier alpha value is -1.02. The predicted octanol–water partition coefficient (Wildman–Crippen LogP) is 2.70. The Morgan fingerprint density at radius 2 is 1.73 bits per heavy atom. The minimum Gasteiger partial charge on any atom is -0.489 e. The zero-order valence-corrected chi connectivity index (χ0v) is 9.86. The predicted molar refractivity (Wildman–Crippen MR) is 64.2 cm³/mol. The Kier molecular flexibility index (Phi) is 5.19. The van der Waals surface area contributed by atoms with E-state index in [2.05, 4.69) is 26.1 Å². The Morgan fingerprint density at radius 1 is 1.07 bits per heavy atom. The van der Waals surface area contributed by atoms with Gasteiger partial charge in [0.15, 0.2) is 0 Å². The number of para-hydroxylation sites is 1. The molecule has 84 valence electrons. The molecule has 0 bridgehead atoms. The second-order valence-corrected chi connectivity index (χ2v) is 4.29. The monoisotopic (exact) mass is 207 g/mol. The number of rotatable bonds is 6. The van der Waals surface area contributed by atoms with Gasteiger partial charge in [-0.3, -0.25) is 0 Å². The second-order valence-electron chi connectivity index (χ2n) is 4.29. The fraction of sp³-hybridized carbons (Fsp3) is 0.538. The van der Waals surface area contributed by atoms with Crippen LogP contribution in [0.25, 0.3) is 0 Å². The molecule has 1 atom stereocenters. The summed E-state index contributed by atoms with van der Waals surface area (Å²) in [7, 11) is 0. The summed E-state index contributed by atoms with van der Waals surface area (Å²) in [6.07, 6.45) is 0.214. The van der Waals surface area contributed by atoms with Gasteiger partial charge in [0.2, 0.25) is 0 Å². The van der Waals surface area contributed by atoms with Crippen LogP contribution < -0.4 is 10.1 Å². The molecule has 1 aromatic rings. The highest BCUT2D eigenvalue weighted by Crippen LogP contribution is 2.10. The van der Waals surface area contributed by atoms with Gasteiger partial charge in [-0.1, -0.05) is 32.0 Å². The second kappa shape index (κ2) is 6.46. The summed E-state index contributed by atoms with van der Waals surface area (Å²) >= 11 is 0. The van der Waals surface area contributed by atoms with E-state index in [-0.39, 0.29) is 6.10 Å².